The lowest BCUT2D eigenvalue weighted by Crippen LogP contribution is -2.14. The zero-order valence-corrected chi connectivity index (χ0v) is 25.0. The minimum Gasteiger partial charge on any atom is -0.255 e. The van der Waals surface area contributed by atoms with E-state index in [4.69, 9.17) is 0 Å². The highest BCUT2D eigenvalue weighted by atomic mass is 15.0. The molecule has 1 aliphatic heterocycles. The Kier molecular flexibility index (Phi) is 7.19. The minimum atomic E-state index is 0.126. The van der Waals surface area contributed by atoms with Crippen molar-refractivity contribution in [2.45, 2.75) is 59.3 Å². The Morgan fingerprint density at radius 2 is 1.00 bits per heavy atom. The number of hydrogen-bond acceptors (Lipinski definition) is 0. The van der Waals surface area contributed by atoms with Gasteiger partial charge in [-0.2, -0.15) is 0 Å². The van der Waals surface area contributed by atoms with Gasteiger partial charge in [0.15, 0.2) is 0 Å². The summed E-state index contributed by atoms with van der Waals surface area (Å²) >= 11 is 0. The Morgan fingerprint density at radius 1 is 0.550 bits per heavy atom. The Hall–Kier alpha value is -4.10. The smallest absolute Gasteiger partial charge is 0.147 e. The molecule has 0 radical (unpaired) electrons. The third-order valence-corrected chi connectivity index (χ3v) is 7.89. The summed E-state index contributed by atoms with van der Waals surface area (Å²) in [4.78, 5) is 0. The molecule has 40 heavy (non-hydrogen) atoms. The second kappa shape index (κ2) is 10.5. The summed E-state index contributed by atoms with van der Waals surface area (Å²) in [6.45, 7) is 20.0. The predicted molar refractivity (Wildman–Crippen MR) is 173 cm³/mol. The summed E-state index contributed by atoms with van der Waals surface area (Å²) < 4.78 is 1.95. The lowest BCUT2D eigenvalue weighted by atomic mass is 9.85. The van der Waals surface area contributed by atoms with Crippen LogP contribution in [0.4, 0.5) is 0 Å². The van der Waals surface area contributed by atoms with Gasteiger partial charge in [0.05, 0.1) is 6.72 Å². The molecule has 0 unspecified atom stereocenters. The van der Waals surface area contributed by atoms with Crippen molar-refractivity contribution in [3.63, 3.8) is 0 Å². The van der Waals surface area contributed by atoms with Gasteiger partial charge < -0.3 is 0 Å². The maximum absolute atomic E-state index is 4.21. The molecule has 5 rings (SSSR count). The van der Waals surface area contributed by atoms with Crippen LogP contribution < -0.4 is 0 Å². The largest absolute Gasteiger partial charge is 0.255 e. The maximum atomic E-state index is 4.21. The van der Waals surface area contributed by atoms with E-state index in [1.54, 1.807) is 0 Å². The van der Waals surface area contributed by atoms with Crippen LogP contribution in [0.25, 0.3) is 33.4 Å². The predicted octanol–water partition coefficient (Wildman–Crippen LogP) is 10.3. The number of hydrogen-bond donors (Lipinski definition) is 0. The fraction of sp³-hybridized carbons (Fsp3) is 0.231. The van der Waals surface area contributed by atoms with Gasteiger partial charge in [0, 0.05) is 0 Å². The first-order valence-electron chi connectivity index (χ1n) is 14.2. The van der Waals surface area contributed by atoms with Crippen LogP contribution in [0.2, 0.25) is 0 Å². The van der Waals surface area contributed by atoms with Gasteiger partial charge in [-0.3, -0.25) is 4.58 Å². The van der Waals surface area contributed by atoms with Crippen molar-refractivity contribution in [1.29, 1.82) is 0 Å². The van der Waals surface area contributed by atoms with E-state index in [-0.39, 0.29) is 10.8 Å². The summed E-state index contributed by atoms with van der Waals surface area (Å²) in [6.07, 6.45) is 8.23. The molecule has 0 atom stereocenters. The van der Waals surface area contributed by atoms with Gasteiger partial charge in [-0.05, 0) is 85.2 Å². The molecule has 1 heteroatoms. The zero-order valence-electron chi connectivity index (χ0n) is 25.0. The summed E-state index contributed by atoms with van der Waals surface area (Å²) in [5, 5.41) is 0. The lowest BCUT2D eigenvalue weighted by molar-refractivity contribution is -0.417. The second-order valence-corrected chi connectivity index (χ2v) is 13.0. The Bertz CT molecular complexity index is 1520. The van der Waals surface area contributed by atoms with E-state index in [9.17, 15) is 0 Å². The monoisotopic (exact) mass is 523 g/mol. The van der Waals surface area contributed by atoms with Gasteiger partial charge in [-0.1, -0.05) is 127 Å². The van der Waals surface area contributed by atoms with Crippen molar-refractivity contribution in [1.82, 2.24) is 0 Å². The van der Waals surface area contributed by atoms with Crippen LogP contribution in [-0.4, -0.2) is 11.3 Å². The molecule has 0 saturated carbocycles. The SMILES string of the molecule is C=[N+]1C=CC=C[C-]1c1cc(-c2cc(-c3ccc(C(C)(C)C)cc3)cc(-c3ccc(C(C)(C)C)cc3)c2)ccc1C. The third kappa shape index (κ3) is 5.75. The highest BCUT2D eigenvalue weighted by Crippen LogP contribution is 2.36. The molecule has 0 aromatic heterocycles. The summed E-state index contributed by atoms with van der Waals surface area (Å²) in [7, 11) is 0. The summed E-state index contributed by atoms with van der Waals surface area (Å²) in [6, 6.07) is 33.0. The molecule has 0 bridgehead atoms. The van der Waals surface area contributed by atoms with Crippen molar-refractivity contribution in [3.05, 3.63) is 138 Å². The average molecular weight is 524 g/mol. The highest BCUT2D eigenvalue weighted by Gasteiger charge is 2.18. The summed E-state index contributed by atoms with van der Waals surface area (Å²) in [5.41, 5.74) is 12.7. The average Bonchev–Trinajstić information content (AvgIpc) is 2.93. The van der Waals surface area contributed by atoms with Gasteiger partial charge in [0.1, 0.15) is 12.2 Å². The second-order valence-electron chi connectivity index (χ2n) is 13.0. The van der Waals surface area contributed by atoms with Crippen LogP contribution in [0.1, 0.15) is 63.8 Å². The Morgan fingerprint density at radius 3 is 1.45 bits per heavy atom. The van der Waals surface area contributed by atoms with E-state index in [2.05, 4.69) is 152 Å². The fourth-order valence-corrected chi connectivity index (χ4v) is 5.25. The van der Waals surface area contributed by atoms with Crippen molar-refractivity contribution < 1.29 is 4.58 Å². The van der Waals surface area contributed by atoms with Gasteiger partial charge >= 0.3 is 0 Å². The first kappa shape index (κ1) is 27.5. The quantitative estimate of drug-likeness (QED) is 0.185. The van der Waals surface area contributed by atoms with Crippen molar-refractivity contribution in [3.8, 4) is 33.4 Å². The standard InChI is InChI=1S/C39H41N/c1-27-12-13-30(26-36(27)37-11-9-10-22-40(37)8)33-24-31(28-14-18-34(19-15-28)38(2,3)4)23-32(25-33)29-16-20-35(21-17-29)39(5,6)7/h9-26H,8H2,1-7H3. The van der Waals surface area contributed by atoms with Crippen molar-refractivity contribution >= 4 is 6.72 Å². The van der Waals surface area contributed by atoms with Crippen LogP contribution >= 0.6 is 0 Å². The molecule has 0 spiro atoms. The molecule has 202 valence electrons. The molecule has 4 aromatic rings. The molecular weight excluding hydrogens is 482 g/mol. The first-order valence-corrected chi connectivity index (χ1v) is 14.2. The van der Waals surface area contributed by atoms with Crippen LogP contribution in [0, 0.1) is 13.0 Å². The van der Waals surface area contributed by atoms with Crippen LogP contribution in [0.5, 0.6) is 0 Å². The zero-order chi connectivity index (χ0) is 28.7. The van der Waals surface area contributed by atoms with E-state index in [0.29, 0.717) is 0 Å². The Balaban J connectivity index is 1.64. The topological polar surface area (TPSA) is 3.01 Å². The normalized spacial score (nSPS) is 13.7. The Labute approximate surface area is 241 Å². The van der Waals surface area contributed by atoms with E-state index < -0.39 is 0 Å². The molecule has 0 saturated heterocycles. The number of rotatable bonds is 4. The molecular formula is C39H41N. The van der Waals surface area contributed by atoms with Gasteiger partial charge in [0.25, 0.3) is 0 Å². The van der Waals surface area contributed by atoms with E-state index >= 15 is 0 Å². The number of nitrogens with zero attached hydrogens (tertiary/aromatic N) is 1. The number of benzene rings is 4. The van der Waals surface area contributed by atoms with E-state index in [1.165, 1.54) is 55.6 Å². The minimum absolute atomic E-state index is 0.126. The third-order valence-electron chi connectivity index (χ3n) is 7.89. The maximum Gasteiger partial charge on any atom is 0.147 e. The molecule has 4 aromatic carbocycles. The van der Waals surface area contributed by atoms with Gasteiger partial charge in [0.2, 0.25) is 0 Å². The number of allylic oxidation sites excluding steroid dienone is 2. The van der Waals surface area contributed by atoms with Crippen LogP contribution in [-0.2, 0) is 10.8 Å². The fourth-order valence-electron chi connectivity index (χ4n) is 5.25. The molecule has 1 heterocycles. The molecule has 0 aliphatic carbocycles. The lowest BCUT2D eigenvalue weighted by Gasteiger charge is -2.21. The van der Waals surface area contributed by atoms with Crippen LogP contribution in [0.3, 0.4) is 0 Å². The molecule has 1 aliphatic rings. The number of aryl methyl sites for hydroxylation is 1. The van der Waals surface area contributed by atoms with Crippen molar-refractivity contribution in [2.24, 2.45) is 0 Å². The van der Waals surface area contributed by atoms with Gasteiger partial charge in [-0.15, -0.1) is 6.08 Å². The van der Waals surface area contributed by atoms with E-state index in [0.717, 1.165) is 6.04 Å². The molecule has 1 nitrogen and oxygen atoms in total. The summed E-state index contributed by atoms with van der Waals surface area (Å²) in [5.74, 6) is 0. The van der Waals surface area contributed by atoms with E-state index in [1.807, 2.05) is 16.9 Å². The van der Waals surface area contributed by atoms with Crippen molar-refractivity contribution in [2.75, 3.05) is 0 Å². The molecule has 0 fully saturated rings. The molecule has 0 N–H and O–H groups in total. The first-order chi connectivity index (χ1) is 18.9. The molecule has 0 amide bonds. The highest BCUT2D eigenvalue weighted by molar-refractivity contribution is 5.82. The van der Waals surface area contributed by atoms with Crippen LogP contribution in [0.15, 0.2) is 109 Å². The van der Waals surface area contributed by atoms with Gasteiger partial charge in [-0.25, -0.2) is 0 Å².